The minimum atomic E-state index is -0.211. The van der Waals surface area contributed by atoms with Crippen molar-refractivity contribution in [3.63, 3.8) is 0 Å². The number of para-hydroxylation sites is 3. The number of hydrogen-bond acceptors (Lipinski definition) is 4. The first-order chi connectivity index (χ1) is 12.7. The van der Waals surface area contributed by atoms with Crippen LogP contribution in [0, 0.1) is 0 Å². The van der Waals surface area contributed by atoms with Crippen molar-refractivity contribution in [3.05, 3.63) is 65.7 Å². The Labute approximate surface area is 155 Å². The summed E-state index contributed by atoms with van der Waals surface area (Å²) in [7, 11) is 1.96. The van der Waals surface area contributed by atoms with Gasteiger partial charge in [0.25, 0.3) is 5.91 Å². The van der Waals surface area contributed by atoms with Gasteiger partial charge < -0.3 is 14.3 Å². The van der Waals surface area contributed by atoms with Gasteiger partial charge in [0.2, 0.25) is 0 Å². The molecule has 0 aliphatic heterocycles. The Hall–Kier alpha value is -2.73. The lowest BCUT2D eigenvalue weighted by molar-refractivity contribution is 0.0923. The lowest BCUT2D eigenvalue weighted by Gasteiger charge is -2.05. The molecule has 132 valence electrons. The molecule has 4 rings (SSSR count). The number of benzene rings is 2. The number of carbonyl (C=O) groups is 1. The zero-order valence-corrected chi connectivity index (χ0v) is 15.5. The third-order valence-electron chi connectivity index (χ3n) is 4.48. The summed E-state index contributed by atoms with van der Waals surface area (Å²) >= 11 is 1.67. The van der Waals surface area contributed by atoms with E-state index in [0.29, 0.717) is 12.3 Å². The van der Waals surface area contributed by atoms with Crippen LogP contribution in [0.5, 0.6) is 0 Å². The van der Waals surface area contributed by atoms with Gasteiger partial charge >= 0.3 is 0 Å². The van der Waals surface area contributed by atoms with E-state index in [4.69, 9.17) is 4.42 Å². The maximum atomic E-state index is 12.8. The Morgan fingerprint density at radius 2 is 1.96 bits per heavy atom. The normalized spacial score (nSPS) is 11.3. The summed E-state index contributed by atoms with van der Waals surface area (Å²) in [6, 6.07) is 15.7. The molecule has 2 heterocycles. The van der Waals surface area contributed by atoms with Crippen LogP contribution in [0.3, 0.4) is 0 Å². The minimum Gasteiger partial charge on any atom is -0.451 e. The smallest absolute Gasteiger partial charge is 0.287 e. The predicted octanol–water partition coefficient (Wildman–Crippen LogP) is 4.11. The summed E-state index contributed by atoms with van der Waals surface area (Å²) in [5.74, 6) is 1.71. The fraction of sp³-hybridized carbons (Fsp3) is 0.200. The molecule has 2 aromatic heterocycles. The first-order valence-corrected chi connectivity index (χ1v) is 9.76. The van der Waals surface area contributed by atoms with Crippen molar-refractivity contribution < 1.29 is 9.21 Å². The number of nitrogens with one attached hydrogen (secondary N) is 1. The van der Waals surface area contributed by atoms with Crippen LogP contribution in [0.2, 0.25) is 0 Å². The Bertz CT molecular complexity index is 1100. The average molecular weight is 365 g/mol. The summed E-state index contributed by atoms with van der Waals surface area (Å²) in [5.41, 5.74) is 3.65. The second kappa shape index (κ2) is 6.88. The van der Waals surface area contributed by atoms with E-state index in [-0.39, 0.29) is 5.91 Å². The largest absolute Gasteiger partial charge is 0.451 e. The maximum absolute atomic E-state index is 12.8. The molecule has 26 heavy (non-hydrogen) atoms. The molecule has 0 saturated carbocycles. The molecule has 1 N–H and O–H groups in total. The molecule has 2 aromatic carbocycles. The number of nitrogens with zero attached hydrogens (tertiary/aromatic N) is 2. The van der Waals surface area contributed by atoms with Gasteiger partial charge in [0.15, 0.2) is 5.76 Å². The summed E-state index contributed by atoms with van der Waals surface area (Å²) in [4.78, 5) is 17.4. The van der Waals surface area contributed by atoms with E-state index in [1.807, 2.05) is 66.4 Å². The maximum Gasteiger partial charge on any atom is 0.287 e. The van der Waals surface area contributed by atoms with Crippen LogP contribution in [0.25, 0.3) is 22.0 Å². The number of imidazole rings is 1. The van der Waals surface area contributed by atoms with Gasteiger partial charge in [0, 0.05) is 23.8 Å². The highest BCUT2D eigenvalue weighted by Crippen LogP contribution is 2.28. The molecule has 0 aliphatic rings. The van der Waals surface area contributed by atoms with E-state index in [1.54, 1.807) is 11.8 Å². The molecule has 5 nitrogen and oxygen atoms in total. The SMILES string of the molecule is CSCc1c(C(=O)NCc2nc3ccccc3n2C)oc2ccccc12. The Kier molecular flexibility index (Phi) is 4.42. The van der Waals surface area contributed by atoms with E-state index >= 15 is 0 Å². The number of thioether (sulfide) groups is 1. The van der Waals surface area contributed by atoms with Crippen molar-refractivity contribution in [2.75, 3.05) is 6.26 Å². The third kappa shape index (κ3) is 2.86. The van der Waals surface area contributed by atoms with Crippen LogP contribution < -0.4 is 5.32 Å². The number of carbonyl (C=O) groups excluding carboxylic acids is 1. The highest BCUT2D eigenvalue weighted by Gasteiger charge is 2.20. The molecule has 0 saturated heterocycles. The van der Waals surface area contributed by atoms with Gasteiger partial charge in [0.05, 0.1) is 17.6 Å². The van der Waals surface area contributed by atoms with Gasteiger partial charge in [0.1, 0.15) is 11.4 Å². The van der Waals surface area contributed by atoms with Crippen molar-refractivity contribution in [1.82, 2.24) is 14.9 Å². The van der Waals surface area contributed by atoms with Gasteiger partial charge in [-0.25, -0.2) is 4.98 Å². The minimum absolute atomic E-state index is 0.211. The van der Waals surface area contributed by atoms with Gasteiger partial charge in [-0.2, -0.15) is 11.8 Å². The van der Waals surface area contributed by atoms with E-state index < -0.39 is 0 Å². The monoisotopic (exact) mass is 365 g/mol. The van der Waals surface area contributed by atoms with Crippen molar-refractivity contribution in [2.24, 2.45) is 7.05 Å². The Morgan fingerprint density at radius 3 is 2.77 bits per heavy atom. The van der Waals surface area contributed by atoms with Crippen LogP contribution in [0.15, 0.2) is 52.9 Å². The van der Waals surface area contributed by atoms with Crippen molar-refractivity contribution in [2.45, 2.75) is 12.3 Å². The van der Waals surface area contributed by atoms with Gasteiger partial charge in [-0.05, 0) is 24.5 Å². The van der Waals surface area contributed by atoms with Gasteiger partial charge in [-0.1, -0.05) is 30.3 Å². The summed E-state index contributed by atoms with van der Waals surface area (Å²) < 4.78 is 7.84. The third-order valence-corrected chi connectivity index (χ3v) is 5.06. The molecule has 4 aromatic rings. The molecule has 6 heteroatoms. The van der Waals surface area contributed by atoms with Gasteiger partial charge in [-0.3, -0.25) is 4.79 Å². The lowest BCUT2D eigenvalue weighted by atomic mass is 10.1. The molecule has 0 bridgehead atoms. The zero-order valence-electron chi connectivity index (χ0n) is 14.7. The summed E-state index contributed by atoms with van der Waals surface area (Å²) in [6.45, 7) is 0.347. The topological polar surface area (TPSA) is 60.1 Å². The van der Waals surface area contributed by atoms with E-state index in [9.17, 15) is 4.79 Å². The Balaban J connectivity index is 1.61. The van der Waals surface area contributed by atoms with Crippen LogP contribution in [-0.2, 0) is 19.3 Å². The molecule has 0 atom stereocenters. The first-order valence-electron chi connectivity index (χ1n) is 8.37. The number of hydrogen-bond donors (Lipinski definition) is 1. The fourth-order valence-electron chi connectivity index (χ4n) is 3.16. The van der Waals surface area contributed by atoms with Crippen LogP contribution in [-0.4, -0.2) is 21.7 Å². The molecule has 0 fully saturated rings. The molecular weight excluding hydrogens is 346 g/mol. The van der Waals surface area contributed by atoms with E-state index in [0.717, 1.165) is 39.1 Å². The van der Waals surface area contributed by atoms with Crippen LogP contribution in [0.4, 0.5) is 0 Å². The molecule has 1 amide bonds. The molecule has 0 aliphatic carbocycles. The standard InChI is InChI=1S/C20H19N3O2S/c1-23-16-9-5-4-8-15(16)22-18(23)11-21-20(24)19-14(12-26-2)13-7-3-6-10-17(13)25-19/h3-10H,11-12H2,1-2H3,(H,21,24). The predicted molar refractivity (Wildman–Crippen MR) is 105 cm³/mol. The van der Waals surface area contributed by atoms with Crippen LogP contribution >= 0.6 is 11.8 Å². The second-order valence-electron chi connectivity index (χ2n) is 6.10. The molecule has 0 radical (unpaired) electrons. The number of furan rings is 1. The quantitative estimate of drug-likeness (QED) is 0.578. The number of aromatic nitrogens is 2. The number of rotatable bonds is 5. The summed E-state index contributed by atoms with van der Waals surface area (Å²) in [5, 5.41) is 3.95. The number of aryl methyl sites for hydroxylation is 1. The highest BCUT2D eigenvalue weighted by molar-refractivity contribution is 7.97. The van der Waals surface area contributed by atoms with Crippen molar-refractivity contribution in [1.29, 1.82) is 0 Å². The van der Waals surface area contributed by atoms with Crippen LogP contribution in [0.1, 0.15) is 21.9 Å². The molecule has 0 spiro atoms. The van der Waals surface area contributed by atoms with Crippen molar-refractivity contribution in [3.8, 4) is 0 Å². The van der Waals surface area contributed by atoms with E-state index in [1.165, 1.54) is 0 Å². The molecule has 0 unspecified atom stereocenters. The number of fused-ring (bicyclic) bond motifs is 2. The summed E-state index contributed by atoms with van der Waals surface area (Å²) in [6.07, 6.45) is 2.02. The Morgan fingerprint density at radius 1 is 1.19 bits per heavy atom. The average Bonchev–Trinajstić information content (AvgIpc) is 3.19. The second-order valence-corrected chi connectivity index (χ2v) is 6.96. The lowest BCUT2D eigenvalue weighted by Crippen LogP contribution is -2.24. The fourth-order valence-corrected chi connectivity index (χ4v) is 3.74. The number of amides is 1. The van der Waals surface area contributed by atoms with Gasteiger partial charge in [-0.15, -0.1) is 0 Å². The molecular formula is C20H19N3O2S. The van der Waals surface area contributed by atoms with E-state index in [2.05, 4.69) is 10.3 Å². The first kappa shape index (κ1) is 16.7. The zero-order chi connectivity index (χ0) is 18.1. The highest BCUT2D eigenvalue weighted by atomic mass is 32.2. The van der Waals surface area contributed by atoms with Crippen molar-refractivity contribution >= 4 is 39.7 Å².